The molecule has 0 radical (unpaired) electrons. The first-order valence-corrected chi connectivity index (χ1v) is 6.95. The number of aliphatic hydroxyl groups is 1. The molecule has 19 heavy (non-hydrogen) atoms. The monoisotopic (exact) mass is 273 g/mol. The molecule has 0 aromatic carbocycles. The van der Waals surface area contributed by atoms with E-state index in [1.807, 2.05) is 13.8 Å². The molecule has 0 atom stereocenters. The van der Waals surface area contributed by atoms with Gasteiger partial charge in [-0.25, -0.2) is 0 Å². The number of aliphatic hydroxyl groups excluding tert-OH is 1. The number of Topliss-reactive ketones (excluding diaryl/α,β-unsaturated/α-hetero) is 2. The van der Waals surface area contributed by atoms with E-state index in [-0.39, 0.29) is 17.9 Å². The van der Waals surface area contributed by atoms with Gasteiger partial charge in [0.05, 0.1) is 6.54 Å². The van der Waals surface area contributed by atoms with Gasteiger partial charge in [0, 0.05) is 18.6 Å². The smallest absolute Gasteiger partial charge is 0.143 e. The van der Waals surface area contributed by atoms with Gasteiger partial charge in [-0.2, -0.15) is 0 Å². The molecule has 0 unspecified atom stereocenters. The van der Waals surface area contributed by atoms with Gasteiger partial charge in [0.25, 0.3) is 0 Å². The summed E-state index contributed by atoms with van der Waals surface area (Å²) in [7, 11) is 0. The molecule has 0 aliphatic heterocycles. The number of hydrogen-bond acceptors (Lipinski definition) is 4. The number of nitrogens with one attached hydrogen (secondary N) is 1. The predicted molar refractivity (Wildman–Crippen MR) is 79.2 cm³/mol. The van der Waals surface area contributed by atoms with Crippen LogP contribution in [0.4, 0.5) is 0 Å². The van der Waals surface area contributed by atoms with Gasteiger partial charge < -0.3 is 15.2 Å². The van der Waals surface area contributed by atoms with Gasteiger partial charge in [-0.05, 0) is 46.5 Å². The third-order valence-electron chi connectivity index (χ3n) is 2.63. The third kappa shape index (κ3) is 19.8. The summed E-state index contributed by atoms with van der Waals surface area (Å²) in [5.41, 5.74) is -0.138. The molecule has 0 aromatic rings. The minimum atomic E-state index is -0.138. The molecule has 114 valence electrons. The zero-order valence-corrected chi connectivity index (χ0v) is 13.4. The first-order valence-electron chi connectivity index (χ1n) is 6.95. The maximum atomic E-state index is 10.6. The largest absolute Gasteiger partial charge is 0.396 e. The second kappa shape index (κ2) is 11.1. The Morgan fingerprint density at radius 2 is 1.68 bits per heavy atom. The van der Waals surface area contributed by atoms with Crippen LogP contribution in [-0.4, -0.2) is 35.4 Å². The van der Waals surface area contributed by atoms with E-state index in [9.17, 15) is 9.59 Å². The van der Waals surface area contributed by atoms with Crippen molar-refractivity contribution in [2.24, 2.45) is 5.92 Å². The number of hydrogen-bond donors (Lipinski definition) is 2. The highest BCUT2D eigenvalue weighted by Crippen LogP contribution is 2.05. The molecule has 0 spiro atoms. The van der Waals surface area contributed by atoms with Gasteiger partial charge in [-0.1, -0.05) is 13.8 Å². The summed E-state index contributed by atoms with van der Waals surface area (Å²) in [4.78, 5) is 20.9. The van der Waals surface area contributed by atoms with Gasteiger partial charge in [0.1, 0.15) is 11.6 Å². The summed E-state index contributed by atoms with van der Waals surface area (Å²) in [5, 5.41) is 11.7. The molecule has 0 amide bonds. The highest BCUT2D eigenvalue weighted by atomic mass is 16.3. The van der Waals surface area contributed by atoms with Crippen LogP contribution in [0.2, 0.25) is 0 Å². The predicted octanol–water partition coefficient (Wildman–Crippen LogP) is 2.34. The molecule has 0 bridgehead atoms. The van der Waals surface area contributed by atoms with E-state index in [0.29, 0.717) is 24.7 Å². The summed E-state index contributed by atoms with van der Waals surface area (Å²) in [6.07, 6.45) is 2.45. The van der Waals surface area contributed by atoms with E-state index < -0.39 is 0 Å². The summed E-state index contributed by atoms with van der Waals surface area (Å²) in [6, 6.07) is 0. The maximum Gasteiger partial charge on any atom is 0.143 e. The van der Waals surface area contributed by atoms with E-state index in [1.54, 1.807) is 13.8 Å². The normalized spacial score (nSPS) is 10.9. The fourth-order valence-electron chi connectivity index (χ4n) is 1.22. The zero-order valence-electron chi connectivity index (χ0n) is 13.4. The van der Waals surface area contributed by atoms with Crippen LogP contribution < -0.4 is 5.32 Å². The summed E-state index contributed by atoms with van der Waals surface area (Å²) in [5.74, 6) is 1.09. The van der Waals surface area contributed by atoms with Crippen molar-refractivity contribution in [2.75, 3.05) is 13.2 Å². The summed E-state index contributed by atoms with van der Waals surface area (Å²) in [6.45, 7) is 11.9. The molecule has 2 N–H and O–H groups in total. The molecular weight excluding hydrogens is 242 g/mol. The van der Waals surface area contributed by atoms with Gasteiger partial charge >= 0.3 is 0 Å². The minimum Gasteiger partial charge on any atom is -0.396 e. The van der Waals surface area contributed by atoms with Gasteiger partial charge in [0.15, 0.2) is 0 Å². The van der Waals surface area contributed by atoms with E-state index in [2.05, 4.69) is 19.2 Å². The van der Waals surface area contributed by atoms with Crippen molar-refractivity contribution in [2.45, 2.75) is 66.3 Å². The van der Waals surface area contributed by atoms with Crippen LogP contribution in [0.5, 0.6) is 0 Å². The third-order valence-corrected chi connectivity index (χ3v) is 2.63. The fraction of sp³-hybridized carbons (Fsp3) is 0.867. The molecule has 0 aliphatic carbocycles. The summed E-state index contributed by atoms with van der Waals surface area (Å²) < 4.78 is 0. The molecule has 0 saturated carbocycles. The van der Waals surface area contributed by atoms with Crippen molar-refractivity contribution < 1.29 is 14.7 Å². The Balaban J connectivity index is 0. The van der Waals surface area contributed by atoms with E-state index in [4.69, 9.17) is 5.11 Å². The van der Waals surface area contributed by atoms with Crippen molar-refractivity contribution in [3.63, 3.8) is 0 Å². The maximum absolute atomic E-state index is 10.6. The second-order valence-corrected chi connectivity index (χ2v) is 6.05. The van der Waals surface area contributed by atoms with Crippen molar-refractivity contribution in [1.29, 1.82) is 0 Å². The number of ketones is 2. The van der Waals surface area contributed by atoms with Gasteiger partial charge in [-0.3, -0.25) is 4.79 Å². The van der Waals surface area contributed by atoms with Crippen LogP contribution in [0.25, 0.3) is 0 Å². The highest BCUT2D eigenvalue weighted by molar-refractivity contribution is 5.77. The Bertz CT molecular complexity index is 260. The molecule has 0 aromatic heterocycles. The molecule has 0 rings (SSSR count). The molecule has 0 heterocycles. The lowest BCUT2D eigenvalue weighted by atomic mass is 10.0. The van der Waals surface area contributed by atoms with Crippen LogP contribution in [0, 0.1) is 5.92 Å². The molecule has 4 heteroatoms. The van der Waals surface area contributed by atoms with Gasteiger partial charge in [-0.15, -0.1) is 0 Å². The van der Waals surface area contributed by atoms with Crippen LogP contribution >= 0.6 is 0 Å². The van der Waals surface area contributed by atoms with E-state index >= 15 is 0 Å². The quantitative estimate of drug-likeness (QED) is 0.712. The fourth-order valence-corrected chi connectivity index (χ4v) is 1.22. The molecule has 4 nitrogen and oxygen atoms in total. The van der Waals surface area contributed by atoms with Crippen molar-refractivity contribution in [1.82, 2.24) is 5.32 Å². The second-order valence-electron chi connectivity index (χ2n) is 6.05. The average molecular weight is 273 g/mol. The minimum absolute atomic E-state index is 0.121. The first-order chi connectivity index (χ1) is 8.60. The Morgan fingerprint density at radius 3 is 1.95 bits per heavy atom. The molecular formula is C15H31NO3. The van der Waals surface area contributed by atoms with Gasteiger partial charge in [0.2, 0.25) is 0 Å². The lowest BCUT2D eigenvalue weighted by Gasteiger charge is -2.24. The Hall–Kier alpha value is -0.740. The molecule has 0 saturated heterocycles. The van der Waals surface area contributed by atoms with Crippen molar-refractivity contribution in [3.05, 3.63) is 0 Å². The number of rotatable bonds is 8. The number of carbonyl (C=O) groups excluding carboxylic acids is 2. The average Bonchev–Trinajstić information content (AvgIpc) is 2.25. The highest BCUT2D eigenvalue weighted by Gasteiger charge is 2.15. The van der Waals surface area contributed by atoms with Crippen molar-refractivity contribution >= 4 is 11.6 Å². The van der Waals surface area contributed by atoms with Crippen LogP contribution in [0.1, 0.15) is 60.8 Å². The van der Waals surface area contributed by atoms with E-state index in [0.717, 1.165) is 12.8 Å². The van der Waals surface area contributed by atoms with Crippen LogP contribution in [-0.2, 0) is 9.59 Å². The topological polar surface area (TPSA) is 66.4 Å². The Kier molecular flexibility index (Phi) is 12.0. The lowest BCUT2D eigenvalue weighted by molar-refractivity contribution is -0.117. The Morgan fingerprint density at radius 1 is 1.16 bits per heavy atom. The van der Waals surface area contributed by atoms with Crippen LogP contribution in [0.3, 0.4) is 0 Å². The van der Waals surface area contributed by atoms with Crippen LogP contribution in [0.15, 0.2) is 0 Å². The van der Waals surface area contributed by atoms with E-state index in [1.165, 1.54) is 0 Å². The Labute approximate surface area is 118 Å². The standard InChI is InChI=1S/C8H17NO2.C7H14O/c1-7(11)6-9-8(2,3)4-5-10;1-6(2)4-5-7(3)8/h9-10H,4-6H2,1-3H3;6H,4-5H2,1-3H3. The SMILES string of the molecule is CC(=O)CCC(C)C.CC(=O)CNC(C)(C)CCO. The first kappa shape index (κ1) is 20.6. The number of carbonyl (C=O) groups is 2. The van der Waals surface area contributed by atoms with Crippen molar-refractivity contribution in [3.8, 4) is 0 Å². The lowest BCUT2D eigenvalue weighted by Crippen LogP contribution is -2.42. The molecule has 0 fully saturated rings. The summed E-state index contributed by atoms with van der Waals surface area (Å²) >= 11 is 0. The zero-order chi connectivity index (χ0) is 15.5. The molecule has 0 aliphatic rings.